The van der Waals surface area contributed by atoms with Crippen LogP contribution in [-0.2, 0) is 0 Å². The fraction of sp³-hybridized carbons (Fsp3) is 0.412. The maximum Gasteiger partial charge on any atom is 0.284 e. The maximum absolute atomic E-state index is 12.8. The number of carbonyl (C=O) groups excluding carboxylic acids is 1. The van der Waals surface area contributed by atoms with Crippen LogP contribution in [0.25, 0.3) is 4.96 Å². The van der Waals surface area contributed by atoms with Gasteiger partial charge in [-0.15, -0.1) is 15.3 Å². The third-order valence-electron chi connectivity index (χ3n) is 4.83. The van der Waals surface area contributed by atoms with Crippen molar-refractivity contribution in [3.8, 4) is 0 Å². The summed E-state index contributed by atoms with van der Waals surface area (Å²) >= 11 is 1.34. The smallest absolute Gasteiger partial charge is 0.284 e. The first-order valence-electron chi connectivity index (χ1n) is 8.61. The molecule has 1 amide bonds. The fourth-order valence-corrected chi connectivity index (χ4v) is 4.07. The first-order valence-corrected chi connectivity index (χ1v) is 9.42. The van der Waals surface area contributed by atoms with Gasteiger partial charge in [0.2, 0.25) is 9.97 Å². The second-order valence-corrected chi connectivity index (χ2v) is 7.50. The number of rotatable bonds is 3. The van der Waals surface area contributed by atoms with Crippen molar-refractivity contribution in [2.75, 3.05) is 31.1 Å². The number of aromatic nitrogens is 4. The quantitative estimate of drug-likeness (QED) is 0.720. The predicted molar refractivity (Wildman–Crippen MR) is 95.2 cm³/mol. The van der Waals surface area contributed by atoms with Gasteiger partial charge in [-0.05, 0) is 25.0 Å². The number of benzene rings is 1. The number of hydrogen-bond acceptors (Lipinski definition) is 6. The number of para-hydroxylation sites is 1. The van der Waals surface area contributed by atoms with Gasteiger partial charge >= 0.3 is 0 Å². The van der Waals surface area contributed by atoms with Crippen molar-refractivity contribution in [2.24, 2.45) is 0 Å². The summed E-state index contributed by atoms with van der Waals surface area (Å²) in [5.74, 6) is 1.37. The molecule has 2 aliphatic rings. The lowest BCUT2D eigenvalue weighted by Crippen LogP contribution is -2.48. The molecule has 8 heteroatoms. The third kappa shape index (κ3) is 2.66. The Labute approximate surface area is 148 Å². The molecule has 0 N–H and O–H groups in total. The molecule has 5 rings (SSSR count). The van der Waals surface area contributed by atoms with E-state index in [1.807, 2.05) is 23.1 Å². The standard InChI is InChI=1S/C17H18N6OS/c24-16(15-20-23-14(12-6-7-12)18-19-17(23)25-15)22-10-8-21(9-11-22)13-4-2-1-3-5-13/h1-5,12H,6-11H2. The van der Waals surface area contributed by atoms with E-state index < -0.39 is 0 Å². The Hall–Kier alpha value is -2.48. The number of nitrogens with zero attached hydrogens (tertiary/aromatic N) is 6. The van der Waals surface area contributed by atoms with Crippen LogP contribution in [0.3, 0.4) is 0 Å². The van der Waals surface area contributed by atoms with E-state index in [4.69, 9.17) is 0 Å². The molecule has 1 aromatic carbocycles. The summed E-state index contributed by atoms with van der Waals surface area (Å²) in [7, 11) is 0. The van der Waals surface area contributed by atoms with Crippen LogP contribution >= 0.6 is 11.3 Å². The third-order valence-corrected chi connectivity index (χ3v) is 5.72. The van der Waals surface area contributed by atoms with Crippen LogP contribution in [0.2, 0.25) is 0 Å². The Morgan fingerprint density at radius 3 is 2.52 bits per heavy atom. The van der Waals surface area contributed by atoms with Crippen molar-refractivity contribution >= 4 is 27.9 Å². The molecule has 1 saturated carbocycles. The van der Waals surface area contributed by atoms with E-state index in [0.29, 0.717) is 29.0 Å². The summed E-state index contributed by atoms with van der Waals surface area (Å²) in [5, 5.41) is 13.4. The summed E-state index contributed by atoms with van der Waals surface area (Å²) in [6.45, 7) is 3.10. The van der Waals surface area contributed by atoms with E-state index in [9.17, 15) is 4.79 Å². The lowest BCUT2D eigenvalue weighted by molar-refractivity contribution is 0.0745. The Balaban J connectivity index is 1.30. The van der Waals surface area contributed by atoms with Gasteiger partial charge in [0.1, 0.15) is 0 Å². The number of anilines is 1. The minimum atomic E-state index is 0.00459. The highest BCUT2D eigenvalue weighted by atomic mass is 32.1. The minimum absolute atomic E-state index is 0.00459. The van der Waals surface area contributed by atoms with Gasteiger partial charge in [-0.3, -0.25) is 4.79 Å². The SMILES string of the molecule is O=C(c1nn2c(C3CC3)nnc2s1)N1CCN(c2ccccc2)CC1. The van der Waals surface area contributed by atoms with E-state index in [1.165, 1.54) is 17.0 Å². The second-order valence-electron chi connectivity index (χ2n) is 6.55. The number of piperazine rings is 1. The van der Waals surface area contributed by atoms with Crippen molar-refractivity contribution < 1.29 is 4.79 Å². The predicted octanol–water partition coefficient (Wildman–Crippen LogP) is 2.03. The largest absolute Gasteiger partial charge is 0.368 e. The molecule has 3 heterocycles. The monoisotopic (exact) mass is 354 g/mol. The van der Waals surface area contributed by atoms with Crippen LogP contribution in [0.5, 0.6) is 0 Å². The molecule has 128 valence electrons. The highest BCUT2D eigenvalue weighted by Crippen LogP contribution is 2.39. The van der Waals surface area contributed by atoms with Gasteiger partial charge in [0, 0.05) is 37.8 Å². The molecule has 0 bridgehead atoms. The lowest BCUT2D eigenvalue weighted by atomic mass is 10.2. The minimum Gasteiger partial charge on any atom is -0.368 e. The van der Waals surface area contributed by atoms with Crippen molar-refractivity contribution in [2.45, 2.75) is 18.8 Å². The van der Waals surface area contributed by atoms with Crippen molar-refractivity contribution in [3.05, 3.63) is 41.2 Å². The molecule has 1 aliphatic heterocycles. The summed E-state index contributed by atoms with van der Waals surface area (Å²) < 4.78 is 1.76. The van der Waals surface area contributed by atoms with Crippen LogP contribution in [0, 0.1) is 0 Å². The Morgan fingerprint density at radius 1 is 1.04 bits per heavy atom. The molecule has 3 aromatic rings. The van der Waals surface area contributed by atoms with Gasteiger partial charge in [0.05, 0.1) is 0 Å². The van der Waals surface area contributed by atoms with Crippen molar-refractivity contribution in [3.63, 3.8) is 0 Å². The van der Waals surface area contributed by atoms with Gasteiger partial charge < -0.3 is 9.80 Å². The first-order chi connectivity index (χ1) is 12.3. The number of amides is 1. The van der Waals surface area contributed by atoms with E-state index in [-0.39, 0.29) is 5.91 Å². The molecular weight excluding hydrogens is 336 g/mol. The lowest BCUT2D eigenvalue weighted by Gasteiger charge is -2.35. The topological polar surface area (TPSA) is 66.6 Å². The zero-order valence-corrected chi connectivity index (χ0v) is 14.5. The average molecular weight is 354 g/mol. The normalized spacial score (nSPS) is 18.1. The fourth-order valence-electron chi connectivity index (χ4n) is 3.26. The zero-order valence-electron chi connectivity index (χ0n) is 13.7. The van der Waals surface area contributed by atoms with Gasteiger partial charge in [-0.2, -0.15) is 4.52 Å². The molecule has 2 fully saturated rings. The van der Waals surface area contributed by atoms with Gasteiger partial charge in [-0.1, -0.05) is 29.5 Å². The van der Waals surface area contributed by atoms with Gasteiger partial charge in [0.25, 0.3) is 5.91 Å². The molecule has 0 atom stereocenters. The zero-order chi connectivity index (χ0) is 16.8. The van der Waals surface area contributed by atoms with Crippen LogP contribution in [0.4, 0.5) is 5.69 Å². The molecule has 25 heavy (non-hydrogen) atoms. The highest BCUT2D eigenvalue weighted by Gasteiger charge is 2.31. The van der Waals surface area contributed by atoms with Crippen LogP contribution in [0.1, 0.15) is 34.4 Å². The number of hydrogen-bond donors (Lipinski definition) is 0. The van der Waals surface area contributed by atoms with E-state index >= 15 is 0 Å². The summed E-state index contributed by atoms with van der Waals surface area (Å²) in [6.07, 6.45) is 2.28. The van der Waals surface area contributed by atoms with Crippen LogP contribution < -0.4 is 4.90 Å². The van der Waals surface area contributed by atoms with E-state index in [2.05, 4.69) is 32.3 Å². The van der Waals surface area contributed by atoms with Gasteiger partial charge in [0.15, 0.2) is 5.82 Å². The first kappa shape index (κ1) is 14.8. The molecule has 0 unspecified atom stereocenters. The Morgan fingerprint density at radius 2 is 1.80 bits per heavy atom. The second kappa shape index (κ2) is 5.80. The number of carbonyl (C=O) groups is 1. The molecule has 0 spiro atoms. The average Bonchev–Trinajstić information content (AvgIpc) is 3.29. The van der Waals surface area contributed by atoms with Crippen molar-refractivity contribution in [1.82, 2.24) is 24.7 Å². The Kier molecular flexibility index (Phi) is 3.44. The van der Waals surface area contributed by atoms with E-state index in [1.54, 1.807) is 4.52 Å². The highest BCUT2D eigenvalue weighted by molar-refractivity contribution is 7.18. The maximum atomic E-state index is 12.8. The van der Waals surface area contributed by atoms with Crippen LogP contribution in [-0.4, -0.2) is 56.8 Å². The van der Waals surface area contributed by atoms with Crippen molar-refractivity contribution in [1.29, 1.82) is 0 Å². The molecular formula is C17H18N6OS. The molecule has 7 nitrogen and oxygen atoms in total. The van der Waals surface area contributed by atoms with Gasteiger partial charge in [-0.25, -0.2) is 0 Å². The Bertz CT molecular complexity index is 908. The molecule has 2 aromatic heterocycles. The molecule has 1 saturated heterocycles. The molecule has 0 radical (unpaired) electrons. The summed E-state index contributed by atoms with van der Waals surface area (Å²) in [5.41, 5.74) is 1.21. The number of fused-ring (bicyclic) bond motifs is 1. The summed E-state index contributed by atoms with van der Waals surface area (Å²) in [6, 6.07) is 10.3. The van der Waals surface area contributed by atoms with Crippen LogP contribution in [0.15, 0.2) is 30.3 Å². The summed E-state index contributed by atoms with van der Waals surface area (Å²) in [4.78, 5) is 17.7. The van der Waals surface area contributed by atoms with E-state index in [0.717, 1.165) is 31.8 Å². The molecule has 1 aliphatic carbocycles.